The van der Waals surface area contributed by atoms with Crippen LogP contribution in [0.2, 0.25) is 0 Å². The molecule has 0 radical (unpaired) electrons. The summed E-state index contributed by atoms with van der Waals surface area (Å²) in [7, 11) is 0. The van der Waals surface area contributed by atoms with Crippen molar-refractivity contribution in [2.75, 3.05) is 19.7 Å². The van der Waals surface area contributed by atoms with Crippen molar-refractivity contribution in [3.63, 3.8) is 0 Å². The molecule has 1 aromatic carbocycles. The maximum absolute atomic E-state index is 13.3. The zero-order chi connectivity index (χ0) is 17.4. The molecule has 0 aromatic heterocycles. The van der Waals surface area contributed by atoms with E-state index >= 15 is 0 Å². The van der Waals surface area contributed by atoms with E-state index in [-0.39, 0.29) is 43.8 Å². The SMILES string of the molecule is CC(C)[C@H](N)C(=O)NCC(=O)NCCOc1ccc(F)cc1F.Cl. The van der Waals surface area contributed by atoms with Crippen LogP contribution in [-0.4, -0.2) is 37.6 Å². The summed E-state index contributed by atoms with van der Waals surface area (Å²) in [5.41, 5.74) is 5.63. The van der Waals surface area contributed by atoms with Crippen molar-refractivity contribution < 1.29 is 23.1 Å². The van der Waals surface area contributed by atoms with E-state index in [2.05, 4.69) is 10.6 Å². The molecule has 0 heterocycles. The number of carbonyl (C=O) groups excluding carboxylic acids is 2. The van der Waals surface area contributed by atoms with Crippen LogP contribution >= 0.6 is 12.4 Å². The van der Waals surface area contributed by atoms with Gasteiger partial charge in [0.2, 0.25) is 11.8 Å². The van der Waals surface area contributed by atoms with Gasteiger partial charge in [0.05, 0.1) is 19.1 Å². The largest absolute Gasteiger partial charge is 0.489 e. The Labute approximate surface area is 145 Å². The highest BCUT2D eigenvalue weighted by atomic mass is 35.5. The molecule has 2 amide bonds. The lowest BCUT2D eigenvalue weighted by Gasteiger charge is -2.15. The Morgan fingerprint density at radius 2 is 1.92 bits per heavy atom. The molecule has 0 aliphatic heterocycles. The first-order chi connectivity index (χ1) is 10.8. The fourth-order valence-electron chi connectivity index (χ4n) is 1.59. The molecule has 0 aliphatic carbocycles. The molecule has 4 N–H and O–H groups in total. The molecule has 136 valence electrons. The second-order valence-electron chi connectivity index (χ2n) is 5.26. The first kappa shape index (κ1) is 22.1. The van der Waals surface area contributed by atoms with E-state index < -0.39 is 29.5 Å². The number of hydrogen-bond acceptors (Lipinski definition) is 4. The number of benzene rings is 1. The van der Waals surface area contributed by atoms with Gasteiger partial charge in [-0.15, -0.1) is 12.4 Å². The van der Waals surface area contributed by atoms with Crippen molar-refractivity contribution in [2.24, 2.45) is 11.7 Å². The van der Waals surface area contributed by atoms with Crippen LogP contribution in [0.5, 0.6) is 5.75 Å². The van der Waals surface area contributed by atoms with Gasteiger partial charge in [0.25, 0.3) is 0 Å². The fraction of sp³-hybridized carbons (Fsp3) is 0.467. The average molecular weight is 366 g/mol. The lowest BCUT2D eigenvalue weighted by atomic mass is 10.1. The molecule has 1 atom stereocenters. The van der Waals surface area contributed by atoms with Gasteiger partial charge in [-0.05, 0) is 18.1 Å². The lowest BCUT2D eigenvalue weighted by Crippen LogP contribution is -2.47. The number of carbonyl (C=O) groups is 2. The summed E-state index contributed by atoms with van der Waals surface area (Å²) in [5.74, 6) is -2.46. The topological polar surface area (TPSA) is 93.5 Å². The average Bonchev–Trinajstić information content (AvgIpc) is 2.49. The maximum atomic E-state index is 13.3. The van der Waals surface area contributed by atoms with Crippen LogP contribution in [-0.2, 0) is 9.59 Å². The Morgan fingerprint density at radius 1 is 1.25 bits per heavy atom. The number of nitrogens with one attached hydrogen (secondary N) is 2. The highest BCUT2D eigenvalue weighted by Gasteiger charge is 2.17. The normalized spacial score (nSPS) is 11.4. The van der Waals surface area contributed by atoms with Gasteiger partial charge in [-0.2, -0.15) is 0 Å². The molecule has 0 unspecified atom stereocenters. The molecule has 0 fully saturated rings. The van der Waals surface area contributed by atoms with Crippen LogP contribution in [0.15, 0.2) is 18.2 Å². The van der Waals surface area contributed by atoms with Crippen molar-refractivity contribution in [2.45, 2.75) is 19.9 Å². The first-order valence-corrected chi connectivity index (χ1v) is 7.19. The van der Waals surface area contributed by atoms with Gasteiger partial charge in [0.15, 0.2) is 11.6 Å². The van der Waals surface area contributed by atoms with Crippen LogP contribution in [0, 0.1) is 17.6 Å². The highest BCUT2D eigenvalue weighted by molar-refractivity contribution is 5.87. The van der Waals surface area contributed by atoms with Gasteiger partial charge in [-0.3, -0.25) is 9.59 Å². The molecule has 1 rings (SSSR count). The zero-order valence-corrected chi connectivity index (χ0v) is 14.3. The Hall–Kier alpha value is -1.93. The predicted molar refractivity (Wildman–Crippen MR) is 87.9 cm³/mol. The van der Waals surface area contributed by atoms with Gasteiger partial charge in [0.1, 0.15) is 12.4 Å². The summed E-state index contributed by atoms with van der Waals surface area (Å²) in [4.78, 5) is 23.1. The zero-order valence-electron chi connectivity index (χ0n) is 13.5. The van der Waals surface area contributed by atoms with Gasteiger partial charge in [-0.1, -0.05) is 13.8 Å². The van der Waals surface area contributed by atoms with Crippen molar-refractivity contribution in [3.8, 4) is 5.75 Å². The predicted octanol–water partition coefficient (Wildman–Crippen LogP) is 0.981. The summed E-state index contributed by atoms with van der Waals surface area (Å²) in [5, 5.41) is 4.91. The van der Waals surface area contributed by atoms with E-state index in [1.54, 1.807) is 13.8 Å². The van der Waals surface area contributed by atoms with Crippen molar-refractivity contribution in [1.29, 1.82) is 0 Å². The van der Waals surface area contributed by atoms with Crippen LogP contribution in [0.25, 0.3) is 0 Å². The standard InChI is InChI=1S/C15H21F2N3O3.ClH/c1-9(2)14(18)15(22)20-8-13(21)19-5-6-23-12-4-3-10(16)7-11(12)17;/h3-4,7,9,14H,5-6,8,18H2,1-2H3,(H,19,21)(H,20,22);1H/t14-;/m0./s1. The fourth-order valence-corrected chi connectivity index (χ4v) is 1.59. The molecule has 0 saturated heterocycles. The Kier molecular flexibility index (Phi) is 9.91. The van der Waals surface area contributed by atoms with Crippen LogP contribution in [0.1, 0.15) is 13.8 Å². The van der Waals surface area contributed by atoms with Gasteiger partial charge < -0.3 is 21.1 Å². The number of rotatable bonds is 8. The monoisotopic (exact) mass is 365 g/mol. The molecule has 9 heteroatoms. The number of halogens is 3. The van der Waals surface area contributed by atoms with Gasteiger partial charge >= 0.3 is 0 Å². The van der Waals surface area contributed by atoms with E-state index in [9.17, 15) is 18.4 Å². The molecule has 0 bridgehead atoms. The summed E-state index contributed by atoms with van der Waals surface area (Å²) in [6, 6.07) is 2.28. The highest BCUT2D eigenvalue weighted by Crippen LogP contribution is 2.17. The quantitative estimate of drug-likeness (QED) is 0.599. The Morgan fingerprint density at radius 3 is 2.50 bits per heavy atom. The van der Waals surface area contributed by atoms with Crippen LogP contribution < -0.4 is 21.1 Å². The maximum Gasteiger partial charge on any atom is 0.239 e. The third-order valence-corrected chi connectivity index (χ3v) is 3.02. The number of nitrogens with two attached hydrogens (primary N) is 1. The van der Waals surface area contributed by atoms with Crippen molar-refractivity contribution in [1.82, 2.24) is 10.6 Å². The van der Waals surface area contributed by atoms with Crippen molar-refractivity contribution >= 4 is 24.2 Å². The van der Waals surface area contributed by atoms with E-state index in [0.717, 1.165) is 6.07 Å². The molecular formula is C15H22ClF2N3O3. The molecule has 0 aliphatic rings. The second-order valence-corrected chi connectivity index (χ2v) is 5.26. The van der Waals surface area contributed by atoms with Gasteiger partial charge in [0, 0.05) is 6.07 Å². The Balaban J connectivity index is 0.00000529. The number of amides is 2. The molecule has 1 aromatic rings. The third kappa shape index (κ3) is 7.56. The first-order valence-electron chi connectivity index (χ1n) is 7.19. The molecular weight excluding hydrogens is 344 g/mol. The molecule has 0 saturated carbocycles. The minimum Gasteiger partial charge on any atom is -0.489 e. The lowest BCUT2D eigenvalue weighted by molar-refractivity contribution is -0.127. The van der Waals surface area contributed by atoms with Gasteiger partial charge in [-0.25, -0.2) is 8.78 Å². The summed E-state index contributed by atoms with van der Waals surface area (Å²) in [6.07, 6.45) is 0. The second kappa shape index (κ2) is 10.8. The Bertz CT molecular complexity index is 559. The van der Waals surface area contributed by atoms with Crippen molar-refractivity contribution in [3.05, 3.63) is 29.8 Å². The summed E-state index contributed by atoms with van der Waals surface area (Å²) >= 11 is 0. The van der Waals surface area contributed by atoms with Crippen LogP contribution in [0.3, 0.4) is 0 Å². The minimum atomic E-state index is -0.814. The number of ether oxygens (including phenoxy) is 1. The van der Waals surface area contributed by atoms with E-state index in [0.29, 0.717) is 6.07 Å². The summed E-state index contributed by atoms with van der Waals surface area (Å²) in [6.45, 7) is 3.52. The van der Waals surface area contributed by atoms with E-state index in [1.165, 1.54) is 6.07 Å². The van der Waals surface area contributed by atoms with E-state index in [1.807, 2.05) is 0 Å². The van der Waals surface area contributed by atoms with E-state index in [4.69, 9.17) is 10.5 Å². The summed E-state index contributed by atoms with van der Waals surface area (Å²) < 4.78 is 31.1. The van der Waals surface area contributed by atoms with Crippen LogP contribution in [0.4, 0.5) is 8.78 Å². The smallest absolute Gasteiger partial charge is 0.239 e. The minimum absolute atomic E-state index is 0. The molecule has 24 heavy (non-hydrogen) atoms. The molecule has 6 nitrogen and oxygen atoms in total. The number of hydrogen-bond donors (Lipinski definition) is 3. The third-order valence-electron chi connectivity index (χ3n) is 3.02. The molecule has 0 spiro atoms.